The molecule has 2 aromatic heterocycles. The van der Waals surface area contributed by atoms with Gasteiger partial charge in [0.05, 0.1) is 7.11 Å². The molecular weight excluding hydrogens is 358 g/mol. The van der Waals surface area contributed by atoms with E-state index in [1.54, 1.807) is 24.4 Å². The Bertz CT molecular complexity index is 1100. The third kappa shape index (κ3) is 4.07. The van der Waals surface area contributed by atoms with Crippen LogP contribution >= 0.6 is 0 Å². The van der Waals surface area contributed by atoms with Crippen LogP contribution in [0.1, 0.15) is 5.56 Å². The van der Waals surface area contributed by atoms with Crippen LogP contribution < -0.4 is 14.8 Å². The molecule has 28 heavy (non-hydrogen) atoms. The van der Waals surface area contributed by atoms with Crippen LogP contribution in [-0.2, 0) is 0 Å². The van der Waals surface area contributed by atoms with Crippen molar-refractivity contribution in [3.63, 3.8) is 0 Å². The summed E-state index contributed by atoms with van der Waals surface area (Å²) in [5, 5.41) is 11.2. The predicted octanol–water partition coefficient (Wildman–Crippen LogP) is 4.38. The summed E-state index contributed by atoms with van der Waals surface area (Å²) >= 11 is 0. The van der Waals surface area contributed by atoms with E-state index in [-0.39, 0.29) is 6.01 Å². The van der Waals surface area contributed by atoms with Crippen molar-refractivity contribution < 1.29 is 13.9 Å². The summed E-state index contributed by atoms with van der Waals surface area (Å²) in [7, 11) is 1.50. The average molecular weight is 375 g/mol. The molecule has 0 aliphatic carbocycles. The molecule has 1 N–H and O–H groups in total. The van der Waals surface area contributed by atoms with Crippen LogP contribution in [0.15, 0.2) is 65.2 Å². The Morgan fingerprint density at radius 1 is 1.00 bits per heavy atom. The standard InChI is InChI=1S/C20H17N5O3/c1-13-5-3-7-15(11-13)22-20-25-24-18(28-20)14-6-4-8-16(12-14)27-17-9-10-21-19(23-17)26-2/h3-12H,1-2H3,(H,22,25). The first kappa shape index (κ1) is 17.5. The Kier molecular flexibility index (Phi) is 4.83. The van der Waals surface area contributed by atoms with Crippen LogP contribution in [0.5, 0.6) is 17.6 Å². The number of methoxy groups -OCH3 is 1. The van der Waals surface area contributed by atoms with Crippen molar-refractivity contribution in [2.45, 2.75) is 6.92 Å². The summed E-state index contributed by atoms with van der Waals surface area (Å²) in [5.41, 5.74) is 2.74. The highest BCUT2D eigenvalue weighted by atomic mass is 16.5. The lowest BCUT2D eigenvalue weighted by atomic mass is 10.2. The fourth-order valence-corrected chi connectivity index (χ4v) is 2.53. The lowest BCUT2D eigenvalue weighted by Crippen LogP contribution is -1.94. The number of nitrogens with one attached hydrogen (secondary N) is 1. The molecule has 0 amide bonds. The Morgan fingerprint density at radius 3 is 2.75 bits per heavy atom. The van der Waals surface area contributed by atoms with E-state index in [1.165, 1.54) is 7.11 Å². The van der Waals surface area contributed by atoms with Crippen molar-refractivity contribution in [1.82, 2.24) is 20.2 Å². The third-order valence-corrected chi connectivity index (χ3v) is 3.79. The van der Waals surface area contributed by atoms with Crippen molar-refractivity contribution in [3.05, 3.63) is 66.4 Å². The average Bonchev–Trinajstić information content (AvgIpc) is 3.17. The molecule has 0 aliphatic rings. The van der Waals surface area contributed by atoms with Gasteiger partial charge in [0.2, 0.25) is 11.8 Å². The second-order valence-electron chi connectivity index (χ2n) is 5.92. The fraction of sp³-hybridized carbons (Fsp3) is 0.100. The van der Waals surface area contributed by atoms with Crippen LogP contribution in [0.3, 0.4) is 0 Å². The molecule has 4 aromatic rings. The number of hydrogen-bond acceptors (Lipinski definition) is 8. The van der Waals surface area contributed by atoms with Gasteiger partial charge >= 0.3 is 12.0 Å². The summed E-state index contributed by atoms with van der Waals surface area (Å²) in [6.07, 6.45) is 1.56. The second kappa shape index (κ2) is 7.75. The number of benzene rings is 2. The van der Waals surface area contributed by atoms with Gasteiger partial charge in [-0.1, -0.05) is 23.3 Å². The molecule has 0 unspecified atom stereocenters. The maximum atomic E-state index is 5.76. The van der Waals surface area contributed by atoms with Crippen molar-refractivity contribution in [3.8, 4) is 29.1 Å². The Balaban J connectivity index is 1.52. The zero-order valence-electron chi connectivity index (χ0n) is 15.3. The molecule has 0 atom stereocenters. The highest BCUT2D eigenvalue weighted by molar-refractivity contribution is 5.58. The summed E-state index contributed by atoms with van der Waals surface area (Å²) in [5.74, 6) is 1.32. The molecule has 2 heterocycles. The quantitative estimate of drug-likeness (QED) is 0.530. The normalized spacial score (nSPS) is 10.5. The summed E-state index contributed by atoms with van der Waals surface area (Å²) in [4.78, 5) is 8.08. The van der Waals surface area contributed by atoms with E-state index in [0.29, 0.717) is 23.5 Å². The molecular formula is C20H17N5O3. The van der Waals surface area contributed by atoms with Crippen LogP contribution in [0, 0.1) is 6.92 Å². The Hall–Kier alpha value is -3.94. The molecule has 0 fully saturated rings. The first-order valence-electron chi connectivity index (χ1n) is 8.52. The van der Waals surface area contributed by atoms with E-state index in [1.807, 2.05) is 43.3 Å². The van der Waals surface area contributed by atoms with E-state index in [9.17, 15) is 0 Å². The van der Waals surface area contributed by atoms with Gasteiger partial charge in [0.25, 0.3) is 0 Å². The third-order valence-electron chi connectivity index (χ3n) is 3.79. The van der Waals surface area contributed by atoms with Crippen LogP contribution in [-0.4, -0.2) is 27.3 Å². The summed E-state index contributed by atoms with van der Waals surface area (Å²) in [6.45, 7) is 2.02. The van der Waals surface area contributed by atoms with Gasteiger partial charge in [-0.15, -0.1) is 5.10 Å². The monoisotopic (exact) mass is 375 g/mol. The van der Waals surface area contributed by atoms with Gasteiger partial charge in [-0.3, -0.25) is 0 Å². The summed E-state index contributed by atoms with van der Waals surface area (Å²) in [6, 6.07) is 17.4. The molecule has 0 saturated heterocycles. The summed E-state index contributed by atoms with van der Waals surface area (Å²) < 4.78 is 16.5. The highest BCUT2D eigenvalue weighted by Gasteiger charge is 2.11. The molecule has 2 aromatic carbocycles. The first-order chi connectivity index (χ1) is 13.7. The van der Waals surface area contributed by atoms with E-state index >= 15 is 0 Å². The lowest BCUT2D eigenvalue weighted by Gasteiger charge is -2.06. The number of anilines is 2. The molecule has 0 aliphatic heterocycles. The van der Waals surface area contributed by atoms with Gasteiger partial charge in [-0.2, -0.15) is 4.98 Å². The minimum atomic E-state index is 0.234. The maximum absolute atomic E-state index is 5.76. The molecule has 0 radical (unpaired) electrons. The number of nitrogens with zero attached hydrogens (tertiary/aromatic N) is 4. The highest BCUT2D eigenvalue weighted by Crippen LogP contribution is 2.27. The molecule has 8 nitrogen and oxygen atoms in total. The van der Waals surface area contributed by atoms with Crippen molar-refractivity contribution in [1.29, 1.82) is 0 Å². The molecule has 4 rings (SSSR count). The van der Waals surface area contributed by atoms with E-state index in [4.69, 9.17) is 13.9 Å². The van der Waals surface area contributed by atoms with Gasteiger partial charge in [0.1, 0.15) is 5.75 Å². The maximum Gasteiger partial charge on any atom is 0.320 e. The zero-order valence-corrected chi connectivity index (χ0v) is 15.3. The Labute approximate surface area is 161 Å². The van der Waals surface area contributed by atoms with Crippen LogP contribution in [0.25, 0.3) is 11.5 Å². The number of aryl methyl sites for hydroxylation is 1. The first-order valence-corrected chi connectivity index (χ1v) is 8.52. The van der Waals surface area contributed by atoms with E-state index in [2.05, 4.69) is 25.5 Å². The molecule has 0 saturated carbocycles. The number of ether oxygens (including phenoxy) is 2. The Morgan fingerprint density at radius 2 is 1.89 bits per heavy atom. The van der Waals surface area contributed by atoms with Gasteiger partial charge in [-0.05, 0) is 42.8 Å². The molecule has 0 bridgehead atoms. The van der Waals surface area contributed by atoms with Crippen molar-refractivity contribution in [2.24, 2.45) is 0 Å². The van der Waals surface area contributed by atoms with Crippen molar-refractivity contribution in [2.75, 3.05) is 12.4 Å². The zero-order chi connectivity index (χ0) is 19.3. The SMILES string of the molecule is COc1nccc(Oc2cccc(-c3nnc(Nc4cccc(C)c4)o3)c2)n1. The van der Waals surface area contributed by atoms with Gasteiger partial charge in [0.15, 0.2) is 0 Å². The smallest absolute Gasteiger partial charge is 0.320 e. The molecule has 0 spiro atoms. The molecule has 8 heteroatoms. The van der Waals surface area contributed by atoms with Crippen LogP contribution in [0.2, 0.25) is 0 Å². The van der Waals surface area contributed by atoms with E-state index < -0.39 is 0 Å². The number of rotatable bonds is 6. The predicted molar refractivity (Wildman–Crippen MR) is 103 cm³/mol. The second-order valence-corrected chi connectivity index (χ2v) is 5.92. The van der Waals surface area contributed by atoms with Crippen LogP contribution in [0.4, 0.5) is 11.7 Å². The number of hydrogen-bond donors (Lipinski definition) is 1. The lowest BCUT2D eigenvalue weighted by molar-refractivity contribution is 0.366. The minimum absolute atomic E-state index is 0.234. The largest absolute Gasteiger partial charge is 0.467 e. The van der Waals surface area contributed by atoms with Gasteiger partial charge < -0.3 is 19.2 Å². The van der Waals surface area contributed by atoms with Crippen molar-refractivity contribution >= 4 is 11.7 Å². The fourth-order valence-electron chi connectivity index (χ4n) is 2.53. The van der Waals surface area contributed by atoms with E-state index in [0.717, 1.165) is 16.8 Å². The van der Waals surface area contributed by atoms with Gasteiger partial charge in [-0.25, -0.2) is 4.98 Å². The molecule has 140 valence electrons. The minimum Gasteiger partial charge on any atom is -0.467 e. The van der Waals surface area contributed by atoms with Gasteiger partial charge in [0, 0.05) is 23.5 Å². The number of aromatic nitrogens is 4. The topological polar surface area (TPSA) is 95.2 Å².